The largest absolute Gasteiger partial charge is 0.414 e. The van der Waals surface area contributed by atoms with Gasteiger partial charge in [-0.2, -0.15) is 0 Å². The number of nitrogens with zero attached hydrogens (tertiary/aromatic N) is 4. The number of hydrogen-bond acceptors (Lipinski definition) is 5. The monoisotopic (exact) mass is 354 g/mol. The van der Waals surface area contributed by atoms with E-state index in [2.05, 4.69) is 20.2 Å². The van der Waals surface area contributed by atoms with Crippen molar-refractivity contribution in [1.29, 1.82) is 0 Å². The van der Waals surface area contributed by atoms with Crippen LogP contribution in [0.1, 0.15) is 0 Å². The summed E-state index contributed by atoms with van der Waals surface area (Å²) >= 11 is 0. The molecule has 8 heteroatoms. The number of hydrogen-bond donors (Lipinski definition) is 0. The van der Waals surface area contributed by atoms with Gasteiger partial charge in [0.2, 0.25) is 0 Å². The maximum absolute atomic E-state index is 13.9. The minimum atomic E-state index is -1.60. The summed E-state index contributed by atoms with van der Waals surface area (Å²) < 4.78 is 45.7. The number of rotatable bonds is 3. The van der Waals surface area contributed by atoms with Crippen LogP contribution >= 0.6 is 0 Å². The SMILES string of the molecule is Fc1ccc(-c2nnc(-c3cccc(-c4ccccn4)n3)o2)c(F)c1F. The summed E-state index contributed by atoms with van der Waals surface area (Å²) in [7, 11) is 0. The van der Waals surface area contributed by atoms with Crippen LogP contribution in [0.15, 0.2) is 59.1 Å². The van der Waals surface area contributed by atoms with Crippen LogP contribution in [-0.2, 0) is 0 Å². The smallest absolute Gasteiger partial charge is 0.266 e. The summed E-state index contributed by atoms with van der Waals surface area (Å²) in [5, 5.41) is 7.50. The molecule has 0 amide bonds. The second kappa shape index (κ2) is 6.40. The van der Waals surface area contributed by atoms with Crippen LogP contribution in [-0.4, -0.2) is 20.2 Å². The first-order valence-corrected chi connectivity index (χ1v) is 7.49. The molecule has 128 valence electrons. The van der Waals surface area contributed by atoms with Gasteiger partial charge in [0, 0.05) is 6.20 Å². The van der Waals surface area contributed by atoms with Gasteiger partial charge in [-0.05, 0) is 36.4 Å². The number of aromatic nitrogens is 4. The third-order valence-corrected chi connectivity index (χ3v) is 3.59. The zero-order chi connectivity index (χ0) is 18.1. The van der Waals surface area contributed by atoms with Crippen LogP contribution in [0.25, 0.3) is 34.4 Å². The van der Waals surface area contributed by atoms with E-state index in [0.29, 0.717) is 17.1 Å². The predicted molar refractivity (Wildman–Crippen MR) is 86.1 cm³/mol. The molecule has 0 aliphatic carbocycles. The van der Waals surface area contributed by atoms with E-state index >= 15 is 0 Å². The van der Waals surface area contributed by atoms with Gasteiger partial charge in [-0.3, -0.25) is 4.98 Å². The normalized spacial score (nSPS) is 10.9. The van der Waals surface area contributed by atoms with Gasteiger partial charge in [0.1, 0.15) is 5.69 Å². The van der Waals surface area contributed by atoms with Gasteiger partial charge >= 0.3 is 0 Å². The molecular formula is C18H9F3N4O. The standard InChI is InChI=1S/C18H9F3N4O/c19-11-8-7-10(15(20)16(11)21)17-24-25-18(26-17)14-6-3-5-13(23-14)12-4-1-2-9-22-12/h1-9H. The number of benzene rings is 1. The van der Waals surface area contributed by atoms with Crippen LogP contribution in [0, 0.1) is 17.5 Å². The van der Waals surface area contributed by atoms with Crippen LogP contribution in [0.5, 0.6) is 0 Å². The van der Waals surface area contributed by atoms with E-state index in [4.69, 9.17) is 4.42 Å². The third-order valence-electron chi connectivity index (χ3n) is 3.59. The summed E-state index contributed by atoms with van der Waals surface area (Å²) in [5.74, 6) is -4.55. The van der Waals surface area contributed by atoms with E-state index < -0.39 is 17.5 Å². The maximum atomic E-state index is 13.9. The molecule has 1 aromatic carbocycles. The minimum absolute atomic E-state index is 0.0157. The lowest BCUT2D eigenvalue weighted by Gasteiger charge is -2.01. The van der Waals surface area contributed by atoms with Crippen LogP contribution < -0.4 is 0 Å². The molecule has 0 atom stereocenters. The highest BCUT2D eigenvalue weighted by Crippen LogP contribution is 2.28. The Kier molecular flexibility index (Phi) is 3.92. The van der Waals surface area contributed by atoms with Crippen molar-refractivity contribution in [2.75, 3.05) is 0 Å². The maximum Gasteiger partial charge on any atom is 0.266 e. The lowest BCUT2D eigenvalue weighted by Crippen LogP contribution is -1.93. The Bertz CT molecular complexity index is 1080. The molecular weight excluding hydrogens is 345 g/mol. The summed E-state index contributed by atoms with van der Waals surface area (Å²) in [6, 6.07) is 12.3. The predicted octanol–water partition coefficient (Wildman–Crippen LogP) is 4.28. The second-order valence-corrected chi connectivity index (χ2v) is 5.26. The zero-order valence-electron chi connectivity index (χ0n) is 13.0. The molecule has 0 saturated carbocycles. The van der Waals surface area contributed by atoms with Crippen molar-refractivity contribution in [3.05, 3.63) is 72.2 Å². The summed E-state index contributed by atoms with van der Waals surface area (Å²) in [6.45, 7) is 0. The Labute approximate surface area is 145 Å². The average molecular weight is 354 g/mol. The van der Waals surface area contributed by atoms with Crippen molar-refractivity contribution in [3.63, 3.8) is 0 Å². The Morgan fingerprint density at radius 3 is 2.27 bits per heavy atom. The molecule has 0 bridgehead atoms. The summed E-state index contributed by atoms with van der Waals surface area (Å²) in [6.07, 6.45) is 1.64. The van der Waals surface area contributed by atoms with Crippen molar-refractivity contribution in [1.82, 2.24) is 20.2 Å². The van der Waals surface area contributed by atoms with Gasteiger partial charge in [0.05, 0.1) is 17.0 Å². The molecule has 0 aliphatic rings. The molecule has 0 spiro atoms. The van der Waals surface area contributed by atoms with Crippen LogP contribution in [0.4, 0.5) is 13.2 Å². The van der Waals surface area contributed by atoms with E-state index in [-0.39, 0.29) is 17.3 Å². The van der Waals surface area contributed by atoms with Crippen LogP contribution in [0.2, 0.25) is 0 Å². The molecule has 0 unspecified atom stereocenters. The van der Waals surface area contributed by atoms with E-state index in [0.717, 1.165) is 12.1 Å². The Morgan fingerprint density at radius 1 is 0.692 bits per heavy atom. The fraction of sp³-hybridized carbons (Fsp3) is 0. The Morgan fingerprint density at radius 2 is 1.46 bits per heavy atom. The van der Waals surface area contributed by atoms with E-state index in [1.54, 1.807) is 36.5 Å². The molecule has 4 rings (SSSR count). The highest BCUT2D eigenvalue weighted by Gasteiger charge is 2.20. The molecule has 0 saturated heterocycles. The molecule has 3 aromatic heterocycles. The van der Waals surface area contributed by atoms with Crippen LogP contribution in [0.3, 0.4) is 0 Å². The molecule has 0 aliphatic heterocycles. The average Bonchev–Trinajstić information content (AvgIpc) is 3.17. The third kappa shape index (κ3) is 2.81. The Hall–Kier alpha value is -3.55. The molecule has 5 nitrogen and oxygen atoms in total. The number of pyridine rings is 2. The number of halogens is 3. The molecule has 0 radical (unpaired) electrons. The molecule has 0 fully saturated rings. The van der Waals surface area contributed by atoms with Crippen molar-refractivity contribution in [2.24, 2.45) is 0 Å². The van der Waals surface area contributed by atoms with Gasteiger partial charge in [-0.1, -0.05) is 12.1 Å². The fourth-order valence-electron chi connectivity index (χ4n) is 2.34. The van der Waals surface area contributed by atoms with Gasteiger partial charge in [0.15, 0.2) is 17.5 Å². The quantitative estimate of drug-likeness (QED) is 0.514. The topological polar surface area (TPSA) is 64.7 Å². The first kappa shape index (κ1) is 15.9. The van der Waals surface area contributed by atoms with Gasteiger partial charge in [-0.25, -0.2) is 18.2 Å². The van der Waals surface area contributed by atoms with Crippen molar-refractivity contribution in [3.8, 4) is 34.4 Å². The zero-order valence-corrected chi connectivity index (χ0v) is 13.0. The highest BCUT2D eigenvalue weighted by molar-refractivity contribution is 5.60. The molecule has 3 heterocycles. The van der Waals surface area contributed by atoms with Crippen molar-refractivity contribution in [2.45, 2.75) is 0 Å². The first-order valence-electron chi connectivity index (χ1n) is 7.49. The molecule has 4 aromatic rings. The minimum Gasteiger partial charge on any atom is -0.414 e. The lowest BCUT2D eigenvalue weighted by atomic mass is 10.2. The van der Waals surface area contributed by atoms with Gasteiger partial charge in [0.25, 0.3) is 11.8 Å². The molecule has 26 heavy (non-hydrogen) atoms. The lowest BCUT2D eigenvalue weighted by molar-refractivity contribution is 0.446. The first-order chi connectivity index (χ1) is 12.6. The van der Waals surface area contributed by atoms with E-state index in [9.17, 15) is 13.2 Å². The van der Waals surface area contributed by atoms with Crippen molar-refractivity contribution < 1.29 is 17.6 Å². The second-order valence-electron chi connectivity index (χ2n) is 5.26. The molecule has 0 N–H and O–H groups in total. The van der Waals surface area contributed by atoms with E-state index in [1.165, 1.54) is 0 Å². The van der Waals surface area contributed by atoms with Gasteiger partial charge in [-0.15, -0.1) is 10.2 Å². The van der Waals surface area contributed by atoms with Crippen molar-refractivity contribution >= 4 is 0 Å². The highest BCUT2D eigenvalue weighted by atomic mass is 19.2. The Balaban J connectivity index is 1.72. The summed E-state index contributed by atoms with van der Waals surface area (Å²) in [4.78, 5) is 8.60. The fourth-order valence-corrected chi connectivity index (χ4v) is 2.34. The van der Waals surface area contributed by atoms with E-state index in [1.807, 2.05) is 6.07 Å². The van der Waals surface area contributed by atoms with Gasteiger partial charge < -0.3 is 4.42 Å². The summed E-state index contributed by atoms with van der Waals surface area (Å²) in [5.41, 5.74) is 1.25.